The van der Waals surface area contributed by atoms with Gasteiger partial charge in [0.25, 0.3) is 0 Å². The standard InChI is InChI=1S/C12H17N3O2/c1-17-12(16)15-8-5-10-9(3-2-7-14-10)11(15)4-6-13/h2-3,7,11H,4-6,8,13H2,1H3. The van der Waals surface area contributed by atoms with Crippen LogP contribution < -0.4 is 5.73 Å². The molecule has 0 aliphatic carbocycles. The topological polar surface area (TPSA) is 68.5 Å². The molecule has 2 N–H and O–H groups in total. The highest BCUT2D eigenvalue weighted by Crippen LogP contribution is 2.30. The predicted octanol–water partition coefficient (Wildman–Crippen LogP) is 1.10. The number of nitrogens with two attached hydrogens (primary N) is 1. The Bertz CT molecular complexity index is 408. The van der Waals surface area contributed by atoms with E-state index in [2.05, 4.69) is 4.98 Å². The Morgan fingerprint density at radius 1 is 1.71 bits per heavy atom. The summed E-state index contributed by atoms with van der Waals surface area (Å²) in [5.74, 6) is 0. The van der Waals surface area contributed by atoms with Gasteiger partial charge in [-0.1, -0.05) is 6.07 Å². The Morgan fingerprint density at radius 3 is 3.24 bits per heavy atom. The number of pyridine rings is 1. The molecule has 0 bridgehead atoms. The maximum absolute atomic E-state index is 11.7. The minimum atomic E-state index is -0.294. The van der Waals surface area contributed by atoms with Crippen molar-refractivity contribution in [2.75, 3.05) is 20.2 Å². The molecule has 0 saturated heterocycles. The largest absolute Gasteiger partial charge is 0.453 e. The fraction of sp³-hybridized carbons (Fsp3) is 0.500. The molecule has 0 saturated carbocycles. The molecule has 1 amide bonds. The Labute approximate surface area is 101 Å². The van der Waals surface area contributed by atoms with Crippen LogP contribution in [0.1, 0.15) is 23.7 Å². The zero-order valence-corrected chi connectivity index (χ0v) is 9.93. The number of aromatic nitrogens is 1. The number of nitrogens with zero attached hydrogens (tertiary/aromatic N) is 2. The van der Waals surface area contributed by atoms with Gasteiger partial charge in [0.05, 0.1) is 13.2 Å². The number of methoxy groups -OCH3 is 1. The highest BCUT2D eigenvalue weighted by atomic mass is 16.5. The summed E-state index contributed by atoms with van der Waals surface area (Å²) in [5.41, 5.74) is 7.77. The van der Waals surface area contributed by atoms with Gasteiger partial charge in [-0.05, 0) is 24.6 Å². The number of rotatable bonds is 2. The van der Waals surface area contributed by atoms with Crippen LogP contribution in [-0.4, -0.2) is 36.2 Å². The van der Waals surface area contributed by atoms with Crippen molar-refractivity contribution in [1.29, 1.82) is 0 Å². The average molecular weight is 235 g/mol. The molecule has 1 aliphatic heterocycles. The lowest BCUT2D eigenvalue weighted by Crippen LogP contribution is -2.41. The summed E-state index contributed by atoms with van der Waals surface area (Å²) in [6, 6.07) is 3.89. The lowest BCUT2D eigenvalue weighted by atomic mass is 9.95. The molecule has 1 aromatic rings. The maximum atomic E-state index is 11.7. The van der Waals surface area contributed by atoms with E-state index in [4.69, 9.17) is 10.5 Å². The van der Waals surface area contributed by atoms with E-state index in [1.165, 1.54) is 7.11 Å². The predicted molar refractivity (Wildman–Crippen MR) is 63.5 cm³/mol. The molecule has 2 rings (SSSR count). The number of ether oxygens (including phenoxy) is 1. The Kier molecular flexibility index (Phi) is 3.58. The summed E-state index contributed by atoms with van der Waals surface area (Å²) < 4.78 is 4.81. The summed E-state index contributed by atoms with van der Waals surface area (Å²) >= 11 is 0. The zero-order valence-electron chi connectivity index (χ0n) is 9.93. The molecule has 1 aromatic heterocycles. The molecular weight excluding hydrogens is 218 g/mol. The molecule has 0 spiro atoms. The van der Waals surface area contributed by atoms with Crippen LogP contribution in [0.15, 0.2) is 18.3 Å². The number of amides is 1. The summed E-state index contributed by atoms with van der Waals surface area (Å²) in [6.07, 6.45) is 2.99. The molecule has 17 heavy (non-hydrogen) atoms. The van der Waals surface area contributed by atoms with Gasteiger partial charge in [0, 0.05) is 24.9 Å². The SMILES string of the molecule is COC(=O)N1CCc2ncccc2C1CCN. The molecule has 0 aromatic carbocycles. The molecular formula is C12H17N3O2. The quantitative estimate of drug-likeness (QED) is 0.833. The lowest BCUT2D eigenvalue weighted by molar-refractivity contribution is 0.0985. The van der Waals surface area contributed by atoms with Crippen LogP contribution in [0.5, 0.6) is 0 Å². The first-order valence-corrected chi connectivity index (χ1v) is 5.76. The first-order valence-electron chi connectivity index (χ1n) is 5.76. The van der Waals surface area contributed by atoms with E-state index in [0.29, 0.717) is 13.1 Å². The third-order valence-electron chi connectivity index (χ3n) is 3.10. The summed E-state index contributed by atoms with van der Waals surface area (Å²) in [6.45, 7) is 1.17. The van der Waals surface area contributed by atoms with E-state index in [0.717, 1.165) is 24.1 Å². The first kappa shape index (κ1) is 11.9. The van der Waals surface area contributed by atoms with Crippen molar-refractivity contribution in [1.82, 2.24) is 9.88 Å². The highest BCUT2D eigenvalue weighted by Gasteiger charge is 2.31. The molecule has 5 heteroatoms. The molecule has 1 atom stereocenters. The number of hydrogen-bond acceptors (Lipinski definition) is 4. The van der Waals surface area contributed by atoms with Crippen LogP contribution in [0.3, 0.4) is 0 Å². The number of fused-ring (bicyclic) bond motifs is 1. The van der Waals surface area contributed by atoms with Crippen LogP contribution in [0.2, 0.25) is 0 Å². The van der Waals surface area contributed by atoms with Gasteiger partial charge in [0.15, 0.2) is 0 Å². The Balaban J connectivity index is 2.32. The van der Waals surface area contributed by atoms with Gasteiger partial charge in [-0.15, -0.1) is 0 Å². The smallest absolute Gasteiger partial charge is 0.410 e. The molecule has 1 unspecified atom stereocenters. The normalized spacial score (nSPS) is 18.7. The van der Waals surface area contributed by atoms with Gasteiger partial charge in [-0.25, -0.2) is 4.79 Å². The first-order chi connectivity index (χ1) is 8.27. The van der Waals surface area contributed by atoms with Crippen molar-refractivity contribution >= 4 is 6.09 Å². The van der Waals surface area contributed by atoms with Gasteiger partial charge in [0.2, 0.25) is 0 Å². The van der Waals surface area contributed by atoms with Crippen molar-refractivity contribution in [2.24, 2.45) is 5.73 Å². The third-order valence-corrected chi connectivity index (χ3v) is 3.10. The van der Waals surface area contributed by atoms with Crippen molar-refractivity contribution < 1.29 is 9.53 Å². The fourth-order valence-electron chi connectivity index (χ4n) is 2.32. The zero-order chi connectivity index (χ0) is 12.3. The van der Waals surface area contributed by atoms with Gasteiger partial charge >= 0.3 is 6.09 Å². The van der Waals surface area contributed by atoms with Crippen molar-refractivity contribution in [3.05, 3.63) is 29.6 Å². The van der Waals surface area contributed by atoms with Gasteiger partial charge in [0.1, 0.15) is 0 Å². The van der Waals surface area contributed by atoms with Crippen LogP contribution in [0.4, 0.5) is 4.79 Å². The number of hydrogen-bond donors (Lipinski definition) is 1. The van der Waals surface area contributed by atoms with Gasteiger partial charge in [-0.3, -0.25) is 4.98 Å². The van der Waals surface area contributed by atoms with E-state index in [1.807, 2.05) is 12.1 Å². The van der Waals surface area contributed by atoms with E-state index in [9.17, 15) is 4.79 Å². The van der Waals surface area contributed by atoms with E-state index < -0.39 is 0 Å². The molecule has 92 valence electrons. The molecule has 0 radical (unpaired) electrons. The van der Waals surface area contributed by atoms with Crippen LogP contribution in [-0.2, 0) is 11.2 Å². The summed E-state index contributed by atoms with van der Waals surface area (Å²) in [5, 5.41) is 0. The monoisotopic (exact) mass is 235 g/mol. The fourth-order valence-corrected chi connectivity index (χ4v) is 2.32. The lowest BCUT2D eigenvalue weighted by Gasteiger charge is -2.35. The second-order valence-corrected chi connectivity index (χ2v) is 4.05. The second kappa shape index (κ2) is 5.14. The van der Waals surface area contributed by atoms with E-state index >= 15 is 0 Å². The highest BCUT2D eigenvalue weighted by molar-refractivity contribution is 5.68. The Hall–Kier alpha value is -1.62. The van der Waals surface area contributed by atoms with Crippen LogP contribution >= 0.6 is 0 Å². The number of carbonyl (C=O) groups excluding carboxylic acids is 1. The maximum Gasteiger partial charge on any atom is 0.410 e. The Morgan fingerprint density at radius 2 is 2.53 bits per heavy atom. The second-order valence-electron chi connectivity index (χ2n) is 4.05. The molecule has 5 nitrogen and oxygen atoms in total. The van der Waals surface area contributed by atoms with Crippen molar-refractivity contribution in [3.8, 4) is 0 Å². The van der Waals surface area contributed by atoms with E-state index in [1.54, 1.807) is 11.1 Å². The molecule has 2 heterocycles. The minimum Gasteiger partial charge on any atom is -0.453 e. The van der Waals surface area contributed by atoms with Gasteiger partial charge in [-0.2, -0.15) is 0 Å². The summed E-state index contributed by atoms with van der Waals surface area (Å²) in [7, 11) is 1.40. The third kappa shape index (κ3) is 2.24. The molecule has 1 aliphatic rings. The van der Waals surface area contributed by atoms with Crippen molar-refractivity contribution in [3.63, 3.8) is 0 Å². The number of carbonyl (C=O) groups is 1. The van der Waals surface area contributed by atoms with Gasteiger partial charge < -0.3 is 15.4 Å². The molecule has 0 fully saturated rings. The van der Waals surface area contributed by atoms with Crippen LogP contribution in [0.25, 0.3) is 0 Å². The van der Waals surface area contributed by atoms with Crippen LogP contribution in [0, 0.1) is 0 Å². The summed E-state index contributed by atoms with van der Waals surface area (Å²) in [4.78, 5) is 17.8. The average Bonchev–Trinajstić information content (AvgIpc) is 2.38. The van der Waals surface area contributed by atoms with E-state index in [-0.39, 0.29) is 12.1 Å². The minimum absolute atomic E-state index is 0.00935. The van der Waals surface area contributed by atoms with Crippen molar-refractivity contribution in [2.45, 2.75) is 18.9 Å².